The number of hydrogen-bond donors (Lipinski definition) is 0. The van der Waals surface area contributed by atoms with Crippen molar-refractivity contribution in [1.29, 1.82) is 0 Å². The molecule has 1 aliphatic heterocycles. The van der Waals surface area contributed by atoms with Crippen LogP contribution in [0.1, 0.15) is 24.2 Å². The fourth-order valence-corrected chi connectivity index (χ4v) is 3.47. The van der Waals surface area contributed by atoms with Gasteiger partial charge in [0.2, 0.25) is 0 Å². The largest absolute Gasteiger partial charge is 0.372 e. The molecule has 0 bridgehead atoms. The molecular weight excluding hydrogens is 340 g/mol. The number of amides is 1. The molecule has 1 fully saturated rings. The van der Waals surface area contributed by atoms with Crippen LogP contribution < -0.4 is 0 Å². The van der Waals surface area contributed by atoms with Crippen molar-refractivity contribution in [2.75, 3.05) is 13.1 Å². The van der Waals surface area contributed by atoms with Crippen LogP contribution in [0, 0.1) is 0 Å². The summed E-state index contributed by atoms with van der Waals surface area (Å²) in [5, 5.41) is 4.70. The number of rotatable bonds is 3. The molecule has 0 aliphatic carbocycles. The Kier molecular flexibility index (Phi) is 4.73. The van der Waals surface area contributed by atoms with Crippen LogP contribution in [0.4, 0.5) is 0 Å². The monoisotopic (exact) mass is 362 g/mol. The average Bonchev–Trinajstić information content (AvgIpc) is 3.13. The first kappa shape index (κ1) is 17.4. The summed E-state index contributed by atoms with van der Waals surface area (Å²) in [6.45, 7) is 5.13. The van der Waals surface area contributed by atoms with Gasteiger partial charge in [0.15, 0.2) is 0 Å². The second-order valence-corrected chi connectivity index (χ2v) is 6.88. The van der Waals surface area contributed by atoms with Gasteiger partial charge in [0.1, 0.15) is 5.69 Å². The quantitative estimate of drug-likeness (QED) is 0.718. The Balaban J connectivity index is 1.76. The zero-order chi connectivity index (χ0) is 18.8. The van der Waals surface area contributed by atoms with Crippen molar-refractivity contribution < 1.29 is 9.53 Å². The van der Waals surface area contributed by atoms with E-state index in [1.807, 2.05) is 67.4 Å². The van der Waals surface area contributed by atoms with E-state index in [9.17, 15) is 4.79 Å². The molecule has 1 aromatic carbocycles. The van der Waals surface area contributed by atoms with Crippen molar-refractivity contribution in [3.05, 3.63) is 66.6 Å². The average molecular weight is 362 g/mol. The summed E-state index contributed by atoms with van der Waals surface area (Å²) in [6.07, 6.45) is 5.29. The van der Waals surface area contributed by atoms with Crippen molar-refractivity contribution >= 4 is 5.91 Å². The van der Waals surface area contributed by atoms with E-state index in [0.717, 1.165) is 11.3 Å². The predicted octanol–water partition coefficient (Wildman–Crippen LogP) is 3.18. The number of carbonyl (C=O) groups is 1. The Labute approximate surface area is 158 Å². The molecule has 3 heterocycles. The highest BCUT2D eigenvalue weighted by Crippen LogP contribution is 2.25. The van der Waals surface area contributed by atoms with Gasteiger partial charge in [-0.15, -0.1) is 0 Å². The van der Waals surface area contributed by atoms with E-state index in [2.05, 4.69) is 4.98 Å². The normalized spacial score (nSPS) is 19.9. The molecule has 6 heteroatoms. The van der Waals surface area contributed by atoms with E-state index < -0.39 is 0 Å². The SMILES string of the molecule is CC1CN(C(=O)c2cn(-c3ccccc3)nc2-c2cccnc2)CC(C)O1. The third-order valence-corrected chi connectivity index (χ3v) is 4.61. The minimum atomic E-state index is -0.0296. The molecule has 0 spiro atoms. The summed E-state index contributed by atoms with van der Waals surface area (Å²) in [6, 6.07) is 13.6. The Hall–Kier alpha value is -2.99. The number of aromatic nitrogens is 3. The van der Waals surface area contributed by atoms with Gasteiger partial charge in [-0.3, -0.25) is 9.78 Å². The van der Waals surface area contributed by atoms with Crippen LogP contribution in [0.15, 0.2) is 61.1 Å². The number of benzene rings is 1. The van der Waals surface area contributed by atoms with E-state index in [0.29, 0.717) is 24.3 Å². The molecule has 2 unspecified atom stereocenters. The molecule has 0 N–H and O–H groups in total. The van der Waals surface area contributed by atoms with Crippen molar-refractivity contribution in [1.82, 2.24) is 19.7 Å². The van der Waals surface area contributed by atoms with E-state index in [1.165, 1.54) is 0 Å². The first-order valence-corrected chi connectivity index (χ1v) is 9.12. The summed E-state index contributed by atoms with van der Waals surface area (Å²) in [5.74, 6) is -0.0296. The van der Waals surface area contributed by atoms with Crippen LogP contribution in [0.25, 0.3) is 16.9 Å². The predicted molar refractivity (Wildman–Crippen MR) is 103 cm³/mol. The minimum Gasteiger partial charge on any atom is -0.372 e. The topological polar surface area (TPSA) is 60.2 Å². The number of carbonyl (C=O) groups excluding carboxylic acids is 1. The summed E-state index contributed by atoms with van der Waals surface area (Å²) >= 11 is 0. The molecule has 1 aliphatic rings. The summed E-state index contributed by atoms with van der Waals surface area (Å²) < 4.78 is 7.52. The first-order chi connectivity index (χ1) is 13.1. The highest BCUT2D eigenvalue weighted by molar-refractivity contribution is 6.00. The molecule has 138 valence electrons. The molecule has 4 rings (SSSR count). The maximum Gasteiger partial charge on any atom is 0.257 e. The highest BCUT2D eigenvalue weighted by Gasteiger charge is 2.29. The van der Waals surface area contributed by atoms with Gasteiger partial charge in [-0.25, -0.2) is 4.68 Å². The molecule has 0 saturated carbocycles. The van der Waals surface area contributed by atoms with Gasteiger partial charge in [-0.2, -0.15) is 5.10 Å². The van der Waals surface area contributed by atoms with Crippen molar-refractivity contribution in [2.45, 2.75) is 26.1 Å². The maximum absolute atomic E-state index is 13.3. The van der Waals surface area contributed by atoms with E-state index in [-0.39, 0.29) is 18.1 Å². The first-order valence-electron chi connectivity index (χ1n) is 9.12. The zero-order valence-corrected chi connectivity index (χ0v) is 15.4. The number of morpholine rings is 1. The Morgan fingerprint density at radius 3 is 2.48 bits per heavy atom. The Bertz CT molecular complexity index is 914. The van der Waals surface area contributed by atoms with Crippen LogP contribution >= 0.6 is 0 Å². The zero-order valence-electron chi connectivity index (χ0n) is 15.4. The van der Waals surface area contributed by atoms with Gasteiger partial charge in [0.05, 0.1) is 23.5 Å². The van der Waals surface area contributed by atoms with Crippen LogP contribution in [0.3, 0.4) is 0 Å². The van der Waals surface area contributed by atoms with Crippen LogP contribution in [0.2, 0.25) is 0 Å². The molecule has 27 heavy (non-hydrogen) atoms. The van der Waals surface area contributed by atoms with Crippen molar-refractivity contribution in [2.24, 2.45) is 0 Å². The molecule has 2 aromatic heterocycles. The number of pyridine rings is 1. The second kappa shape index (κ2) is 7.32. The molecular formula is C21H22N4O2. The highest BCUT2D eigenvalue weighted by atomic mass is 16.5. The van der Waals surface area contributed by atoms with Gasteiger partial charge in [0, 0.05) is 37.2 Å². The van der Waals surface area contributed by atoms with Crippen molar-refractivity contribution in [3.8, 4) is 16.9 Å². The number of hydrogen-bond acceptors (Lipinski definition) is 4. The number of para-hydroxylation sites is 1. The standard InChI is InChI=1S/C21H22N4O2/c1-15-12-24(13-16(2)27-15)21(26)19-14-25(18-8-4-3-5-9-18)23-20(19)17-7-6-10-22-11-17/h3-11,14-16H,12-13H2,1-2H3. The molecule has 2 atom stereocenters. The fraction of sp³-hybridized carbons (Fsp3) is 0.286. The van der Waals surface area contributed by atoms with E-state index in [1.54, 1.807) is 17.1 Å². The molecule has 3 aromatic rings. The summed E-state index contributed by atoms with van der Waals surface area (Å²) in [5.41, 5.74) is 2.95. The van der Waals surface area contributed by atoms with Gasteiger partial charge in [-0.05, 0) is 38.1 Å². The minimum absolute atomic E-state index is 0.0173. The van der Waals surface area contributed by atoms with E-state index >= 15 is 0 Å². The maximum atomic E-state index is 13.3. The fourth-order valence-electron chi connectivity index (χ4n) is 3.47. The Morgan fingerprint density at radius 1 is 1.07 bits per heavy atom. The lowest BCUT2D eigenvalue weighted by Crippen LogP contribution is -2.48. The lowest BCUT2D eigenvalue weighted by atomic mass is 10.1. The van der Waals surface area contributed by atoms with Crippen LogP contribution in [-0.4, -0.2) is 50.9 Å². The third kappa shape index (κ3) is 3.61. The molecule has 1 saturated heterocycles. The van der Waals surface area contributed by atoms with Crippen molar-refractivity contribution in [3.63, 3.8) is 0 Å². The summed E-state index contributed by atoms with van der Waals surface area (Å²) in [4.78, 5) is 19.4. The van der Waals surface area contributed by atoms with Crippen LogP contribution in [0.5, 0.6) is 0 Å². The number of nitrogens with zero attached hydrogens (tertiary/aromatic N) is 4. The molecule has 0 radical (unpaired) electrons. The van der Waals surface area contributed by atoms with E-state index in [4.69, 9.17) is 9.84 Å². The lowest BCUT2D eigenvalue weighted by Gasteiger charge is -2.35. The van der Waals surface area contributed by atoms with Gasteiger partial charge < -0.3 is 9.64 Å². The van der Waals surface area contributed by atoms with Crippen LogP contribution in [-0.2, 0) is 4.74 Å². The second-order valence-electron chi connectivity index (χ2n) is 6.88. The summed E-state index contributed by atoms with van der Waals surface area (Å²) in [7, 11) is 0. The van der Waals surface area contributed by atoms with Gasteiger partial charge in [0.25, 0.3) is 5.91 Å². The third-order valence-electron chi connectivity index (χ3n) is 4.61. The molecule has 1 amide bonds. The smallest absolute Gasteiger partial charge is 0.257 e. The molecule has 6 nitrogen and oxygen atoms in total. The van der Waals surface area contributed by atoms with Gasteiger partial charge >= 0.3 is 0 Å². The van der Waals surface area contributed by atoms with Gasteiger partial charge in [-0.1, -0.05) is 18.2 Å². The number of ether oxygens (including phenoxy) is 1. The lowest BCUT2D eigenvalue weighted by molar-refractivity contribution is -0.0586. The Morgan fingerprint density at radius 2 is 1.81 bits per heavy atom.